The van der Waals surface area contributed by atoms with E-state index in [4.69, 9.17) is 0 Å². The molecule has 4 nitrogen and oxygen atoms in total. The van der Waals surface area contributed by atoms with Gasteiger partial charge in [0.25, 0.3) is 5.69 Å². The first-order valence-corrected chi connectivity index (χ1v) is 7.91. The Hall–Kier alpha value is -1.07. The smallest absolute Gasteiger partial charge is 0.272 e. The van der Waals surface area contributed by atoms with E-state index in [1.54, 1.807) is 12.1 Å². The highest BCUT2D eigenvalue weighted by molar-refractivity contribution is 7.99. The van der Waals surface area contributed by atoms with Crippen molar-refractivity contribution in [3.05, 3.63) is 39.9 Å². The summed E-state index contributed by atoms with van der Waals surface area (Å²) in [6.45, 7) is 3.19. The van der Waals surface area contributed by atoms with Gasteiger partial charge in [-0.15, -0.1) is 0 Å². The molecule has 104 valence electrons. The zero-order chi connectivity index (χ0) is 13.7. The minimum atomic E-state index is -0.272. The summed E-state index contributed by atoms with van der Waals surface area (Å²) in [4.78, 5) is 10.8. The lowest BCUT2D eigenvalue weighted by atomic mass is 9.94. The molecular weight excluding hydrogens is 260 g/mol. The topological polar surface area (TPSA) is 55.2 Å². The number of hydrogen-bond acceptors (Lipinski definition) is 4. The molecule has 5 heteroatoms. The maximum absolute atomic E-state index is 11.0. The van der Waals surface area contributed by atoms with Gasteiger partial charge in [0.2, 0.25) is 0 Å². The molecule has 0 amide bonds. The number of rotatable bonds is 6. The van der Waals surface area contributed by atoms with Crippen LogP contribution in [0.15, 0.2) is 24.3 Å². The number of nitro benzene ring substituents is 1. The molecule has 1 aromatic carbocycles. The van der Waals surface area contributed by atoms with Gasteiger partial charge in [0, 0.05) is 23.4 Å². The lowest BCUT2D eigenvalue weighted by molar-refractivity contribution is -0.385. The maximum atomic E-state index is 11.0. The predicted molar refractivity (Wildman–Crippen MR) is 79.7 cm³/mol. The summed E-state index contributed by atoms with van der Waals surface area (Å²) in [6, 6.07) is 7.60. The predicted octanol–water partition coefficient (Wildman–Crippen LogP) is 2.87. The highest BCUT2D eigenvalue weighted by Gasteiger charge is 2.29. The summed E-state index contributed by atoms with van der Waals surface area (Å²) in [5.74, 6) is 2.70. The van der Waals surface area contributed by atoms with Gasteiger partial charge < -0.3 is 5.32 Å². The normalized spacial score (nSPS) is 22.6. The van der Waals surface area contributed by atoms with E-state index >= 15 is 0 Å². The Morgan fingerprint density at radius 1 is 1.42 bits per heavy atom. The Bertz CT molecular complexity index is 439. The van der Waals surface area contributed by atoms with E-state index in [9.17, 15) is 10.1 Å². The monoisotopic (exact) mass is 280 g/mol. The molecule has 1 heterocycles. The van der Waals surface area contributed by atoms with Gasteiger partial charge in [0.1, 0.15) is 0 Å². The molecule has 0 aromatic heterocycles. The molecule has 0 spiro atoms. The Balaban J connectivity index is 2.05. The number of nitrogens with one attached hydrogen (secondary N) is 1. The van der Waals surface area contributed by atoms with Crippen molar-refractivity contribution in [1.82, 2.24) is 5.32 Å². The minimum Gasteiger partial charge on any atom is -0.313 e. The molecular formula is C14H20N2O2S. The highest BCUT2D eigenvalue weighted by atomic mass is 32.2. The van der Waals surface area contributed by atoms with Crippen molar-refractivity contribution < 1.29 is 4.92 Å². The summed E-state index contributed by atoms with van der Waals surface area (Å²) in [6.07, 6.45) is 1.92. The average molecular weight is 280 g/mol. The Morgan fingerprint density at radius 3 is 2.95 bits per heavy atom. The molecule has 2 unspecified atom stereocenters. The van der Waals surface area contributed by atoms with E-state index in [2.05, 4.69) is 12.2 Å². The van der Waals surface area contributed by atoms with E-state index in [0.717, 1.165) is 36.5 Å². The number of benzene rings is 1. The summed E-state index contributed by atoms with van der Waals surface area (Å²) in [5, 5.41) is 14.6. The Morgan fingerprint density at radius 2 is 2.21 bits per heavy atom. The SMILES string of the molecule is CCCNC1CSCC1Cc1ccccc1[N+](=O)[O-]. The van der Waals surface area contributed by atoms with Crippen LogP contribution in [0.5, 0.6) is 0 Å². The third-order valence-electron chi connectivity index (χ3n) is 3.53. The van der Waals surface area contributed by atoms with Crippen molar-refractivity contribution in [3.63, 3.8) is 0 Å². The van der Waals surface area contributed by atoms with E-state index in [0.29, 0.717) is 12.0 Å². The van der Waals surface area contributed by atoms with Crippen molar-refractivity contribution in [2.75, 3.05) is 18.1 Å². The maximum Gasteiger partial charge on any atom is 0.272 e. The molecule has 1 aromatic rings. The van der Waals surface area contributed by atoms with Crippen LogP contribution in [0.3, 0.4) is 0 Å². The van der Waals surface area contributed by atoms with Crippen molar-refractivity contribution in [2.45, 2.75) is 25.8 Å². The molecule has 0 saturated carbocycles. The van der Waals surface area contributed by atoms with Crippen LogP contribution in [0.1, 0.15) is 18.9 Å². The number of nitrogens with zero attached hydrogens (tertiary/aromatic N) is 1. The fourth-order valence-corrected chi connectivity index (χ4v) is 3.93. The summed E-state index contributed by atoms with van der Waals surface area (Å²) < 4.78 is 0. The van der Waals surface area contributed by atoms with Gasteiger partial charge in [-0.25, -0.2) is 0 Å². The van der Waals surface area contributed by atoms with E-state index in [1.165, 1.54) is 0 Å². The molecule has 19 heavy (non-hydrogen) atoms. The van der Waals surface area contributed by atoms with Gasteiger partial charge in [-0.05, 0) is 31.1 Å². The molecule has 0 radical (unpaired) electrons. The van der Waals surface area contributed by atoms with Crippen molar-refractivity contribution in [2.24, 2.45) is 5.92 Å². The molecule has 1 fully saturated rings. The average Bonchev–Trinajstić information content (AvgIpc) is 2.84. The first-order chi connectivity index (χ1) is 9.22. The molecule has 1 aliphatic rings. The van der Waals surface area contributed by atoms with E-state index in [-0.39, 0.29) is 10.6 Å². The standard InChI is InChI=1S/C14H20N2O2S/c1-2-7-15-13-10-19-9-12(13)8-11-5-3-4-6-14(11)16(17)18/h3-6,12-13,15H,2,7-10H2,1H3. The lowest BCUT2D eigenvalue weighted by Crippen LogP contribution is -2.36. The second kappa shape index (κ2) is 6.91. The number of para-hydroxylation sites is 1. The Labute approximate surface area is 118 Å². The number of nitro groups is 1. The molecule has 2 atom stereocenters. The van der Waals surface area contributed by atoms with Gasteiger partial charge in [0.05, 0.1) is 4.92 Å². The second-order valence-electron chi connectivity index (χ2n) is 4.95. The van der Waals surface area contributed by atoms with Gasteiger partial charge in [-0.2, -0.15) is 11.8 Å². The quantitative estimate of drug-likeness (QED) is 0.643. The zero-order valence-electron chi connectivity index (χ0n) is 11.2. The van der Waals surface area contributed by atoms with Gasteiger partial charge in [0.15, 0.2) is 0 Å². The minimum absolute atomic E-state index is 0.258. The van der Waals surface area contributed by atoms with E-state index < -0.39 is 0 Å². The number of hydrogen-bond donors (Lipinski definition) is 1. The summed E-state index contributed by atoms with van der Waals surface area (Å²) >= 11 is 1.94. The van der Waals surface area contributed by atoms with Crippen LogP contribution in [0.2, 0.25) is 0 Å². The fraction of sp³-hybridized carbons (Fsp3) is 0.571. The highest BCUT2D eigenvalue weighted by Crippen LogP contribution is 2.30. The lowest BCUT2D eigenvalue weighted by Gasteiger charge is -2.20. The van der Waals surface area contributed by atoms with Gasteiger partial charge >= 0.3 is 0 Å². The van der Waals surface area contributed by atoms with Gasteiger partial charge in [-0.1, -0.05) is 25.1 Å². The Kier molecular flexibility index (Phi) is 5.22. The molecule has 0 aliphatic carbocycles. The van der Waals surface area contributed by atoms with Crippen LogP contribution in [0.25, 0.3) is 0 Å². The van der Waals surface area contributed by atoms with Crippen LogP contribution in [0, 0.1) is 16.0 Å². The van der Waals surface area contributed by atoms with Crippen LogP contribution >= 0.6 is 11.8 Å². The summed E-state index contributed by atoms with van der Waals surface area (Å²) in [7, 11) is 0. The third-order valence-corrected chi connectivity index (χ3v) is 4.78. The van der Waals surface area contributed by atoms with Crippen molar-refractivity contribution in [3.8, 4) is 0 Å². The fourth-order valence-electron chi connectivity index (χ4n) is 2.50. The largest absolute Gasteiger partial charge is 0.313 e. The van der Waals surface area contributed by atoms with E-state index in [1.807, 2.05) is 23.9 Å². The van der Waals surface area contributed by atoms with Crippen LogP contribution in [-0.4, -0.2) is 29.0 Å². The molecule has 1 aliphatic heterocycles. The first-order valence-electron chi connectivity index (χ1n) is 6.75. The van der Waals surface area contributed by atoms with Crippen LogP contribution in [0.4, 0.5) is 5.69 Å². The molecule has 1 N–H and O–H groups in total. The van der Waals surface area contributed by atoms with Gasteiger partial charge in [-0.3, -0.25) is 10.1 Å². The first kappa shape index (κ1) is 14.3. The third kappa shape index (κ3) is 3.70. The van der Waals surface area contributed by atoms with Crippen molar-refractivity contribution in [1.29, 1.82) is 0 Å². The second-order valence-corrected chi connectivity index (χ2v) is 6.02. The number of thioether (sulfide) groups is 1. The van der Waals surface area contributed by atoms with Crippen molar-refractivity contribution >= 4 is 17.4 Å². The molecule has 2 rings (SSSR count). The summed E-state index contributed by atoms with van der Waals surface area (Å²) in [5.41, 5.74) is 1.12. The van der Waals surface area contributed by atoms with Crippen LogP contribution < -0.4 is 5.32 Å². The zero-order valence-corrected chi connectivity index (χ0v) is 12.0. The molecule has 0 bridgehead atoms. The molecule has 1 saturated heterocycles. The van der Waals surface area contributed by atoms with Crippen LogP contribution in [-0.2, 0) is 6.42 Å².